The number of ether oxygens (including phenoxy) is 2. The Labute approximate surface area is 158 Å². The lowest BCUT2D eigenvalue weighted by Gasteiger charge is -2.24. The number of rotatable bonds is 5. The van der Waals surface area contributed by atoms with Gasteiger partial charge in [-0.05, 0) is 29.3 Å². The molecule has 0 saturated carbocycles. The predicted molar refractivity (Wildman–Crippen MR) is 102 cm³/mol. The summed E-state index contributed by atoms with van der Waals surface area (Å²) in [4.78, 5) is 26.7. The van der Waals surface area contributed by atoms with Crippen molar-refractivity contribution in [3.63, 3.8) is 0 Å². The number of nitrogens with zero attached hydrogens (tertiary/aromatic N) is 1. The van der Waals surface area contributed by atoms with Crippen LogP contribution in [0, 0.1) is 0 Å². The summed E-state index contributed by atoms with van der Waals surface area (Å²) in [5, 5.41) is 5.53. The van der Waals surface area contributed by atoms with E-state index in [9.17, 15) is 9.59 Å². The van der Waals surface area contributed by atoms with E-state index in [4.69, 9.17) is 9.47 Å². The largest absolute Gasteiger partial charge is 0.493 e. The van der Waals surface area contributed by atoms with E-state index >= 15 is 0 Å². The van der Waals surface area contributed by atoms with Crippen molar-refractivity contribution in [2.75, 3.05) is 26.2 Å². The van der Waals surface area contributed by atoms with Gasteiger partial charge < -0.3 is 20.1 Å². The van der Waals surface area contributed by atoms with Crippen LogP contribution in [0.1, 0.15) is 11.1 Å². The number of hydrogen-bond donors (Lipinski definition) is 2. The Kier molecular flexibility index (Phi) is 5.49. The summed E-state index contributed by atoms with van der Waals surface area (Å²) in [7, 11) is 4.71. The topological polar surface area (TPSA) is 79.9 Å². The molecule has 0 fully saturated rings. The first-order valence-electron chi connectivity index (χ1n) is 8.66. The van der Waals surface area contributed by atoms with Crippen LogP contribution in [0.5, 0.6) is 11.5 Å². The van der Waals surface area contributed by atoms with Crippen molar-refractivity contribution in [1.82, 2.24) is 10.6 Å². The van der Waals surface area contributed by atoms with Gasteiger partial charge in [-0.2, -0.15) is 0 Å². The van der Waals surface area contributed by atoms with Gasteiger partial charge in [-0.15, -0.1) is 0 Å². The van der Waals surface area contributed by atoms with Crippen molar-refractivity contribution in [1.29, 1.82) is 0 Å². The van der Waals surface area contributed by atoms with Gasteiger partial charge in [-0.3, -0.25) is 9.69 Å². The fraction of sp³-hybridized carbons (Fsp3) is 0.300. The number of para-hydroxylation sites is 1. The first-order valence-corrected chi connectivity index (χ1v) is 8.66. The second kappa shape index (κ2) is 7.99. The average molecular weight is 369 g/mol. The minimum absolute atomic E-state index is 0.188. The normalized spacial score (nSPS) is 15.1. The van der Waals surface area contributed by atoms with Crippen LogP contribution in [-0.2, 0) is 17.8 Å². The molecule has 2 aromatic rings. The molecule has 0 bridgehead atoms. The Bertz CT molecular complexity index is 853. The molecule has 3 amide bonds. The molecular weight excluding hydrogens is 346 g/mol. The van der Waals surface area contributed by atoms with Gasteiger partial charge in [0.2, 0.25) is 5.91 Å². The van der Waals surface area contributed by atoms with Crippen LogP contribution in [0.2, 0.25) is 0 Å². The third kappa shape index (κ3) is 3.67. The first-order chi connectivity index (χ1) is 13.1. The molecule has 3 rings (SSSR count). The van der Waals surface area contributed by atoms with Crippen LogP contribution >= 0.6 is 0 Å². The Morgan fingerprint density at radius 1 is 1.11 bits per heavy atom. The molecule has 0 saturated heterocycles. The van der Waals surface area contributed by atoms with E-state index in [1.54, 1.807) is 27.3 Å². The highest BCUT2D eigenvalue weighted by Gasteiger charge is 2.37. The van der Waals surface area contributed by atoms with Gasteiger partial charge in [0.25, 0.3) is 0 Å². The molecule has 0 radical (unpaired) electrons. The smallest absolute Gasteiger partial charge is 0.322 e. The second-order valence-corrected chi connectivity index (χ2v) is 6.18. The van der Waals surface area contributed by atoms with Gasteiger partial charge in [0.1, 0.15) is 6.04 Å². The molecule has 142 valence electrons. The molecule has 1 atom stereocenters. The number of amides is 3. The standard InChI is InChI=1S/C20H23N3O4/c1-21-19(24)16-11-14-6-4-5-7-15(14)23(16)20(25)22-12-13-8-9-17(26-2)18(10-13)27-3/h4-10,16H,11-12H2,1-3H3,(H,21,24)(H,22,25)/t16-/m0/s1. The lowest BCUT2D eigenvalue weighted by molar-refractivity contribution is -0.121. The molecule has 7 heteroatoms. The van der Waals surface area contributed by atoms with Crippen LogP contribution in [0.25, 0.3) is 0 Å². The summed E-state index contributed by atoms with van der Waals surface area (Å²) < 4.78 is 10.5. The third-order valence-corrected chi connectivity index (χ3v) is 4.64. The number of methoxy groups -OCH3 is 2. The molecule has 2 aromatic carbocycles. The van der Waals surface area contributed by atoms with Crippen molar-refractivity contribution < 1.29 is 19.1 Å². The molecule has 1 heterocycles. The molecule has 0 aromatic heterocycles. The fourth-order valence-electron chi connectivity index (χ4n) is 3.27. The fourth-order valence-corrected chi connectivity index (χ4v) is 3.27. The van der Waals surface area contributed by atoms with E-state index < -0.39 is 6.04 Å². The summed E-state index contributed by atoms with van der Waals surface area (Å²) >= 11 is 0. The number of carbonyl (C=O) groups excluding carboxylic acids is 2. The lowest BCUT2D eigenvalue weighted by atomic mass is 10.1. The van der Waals surface area contributed by atoms with Crippen molar-refractivity contribution in [3.8, 4) is 11.5 Å². The van der Waals surface area contributed by atoms with Crippen molar-refractivity contribution in [3.05, 3.63) is 53.6 Å². The number of nitrogens with one attached hydrogen (secondary N) is 2. The number of fused-ring (bicyclic) bond motifs is 1. The Morgan fingerprint density at radius 2 is 1.85 bits per heavy atom. The zero-order chi connectivity index (χ0) is 19.4. The van der Waals surface area contributed by atoms with Gasteiger partial charge in [-0.1, -0.05) is 24.3 Å². The van der Waals surface area contributed by atoms with E-state index in [-0.39, 0.29) is 11.9 Å². The van der Waals surface area contributed by atoms with Gasteiger partial charge in [0.05, 0.1) is 14.2 Å². The van der Waals surface area contributed by atoms with Crippen molar-refractivity contribution in [2.24, 2.45) is 0 Å². The number of likely N-dealkylation sites (N-methyl/N-ethyl adjacent to an activating group) is 1. The van der Waals surface area contributed by atoms with E-state index in [2.05, 4.69) is 10.6 Å². The van der Waals surface area contributed by atoms with E-state index in [1.807, 2.05) is 36.4 Å². The zero-order valence-corrected chi connectivity index (χ0v) is 15.6. The van der Waals surface area contributed by atoms with Crippen molar-refractivity contribution >= 4 is 17.6 Å². The Balaban J connectivity index is 1.77. The Morgan fingerprint density at radius 3 is 2.56 bits per heavy atom. The number of carbonyl (C=O) groups is 2. The quantitative estimate of drug-likeness (QED) is 0.846. The first kappa shape index (κ1) is 18.6. The van der Waals surface area contributed by atoms with Gasteiger partial charge in [0.15, 0.2) is 11.5 Å². The van der Waals surface area contributed by atoms with Gasteiger partial charge >= 0.3 is 6.03 Å². The second-order valence-electron chi connectivity index (χ2n) is 6.18. The highest BCUT2D eigenvalue weighted by molar-refractivity contribution is 6.02. The maximum absolute atomic E-state index is 12.9. The van der Waals surface area contributed by atoms with Gasteiger partial charge in [0, 0.05) is 25.7 Å². The zero-order valence-electron chi connectivity index (χ0n) is 15.6. The highest BCUT2D eigenvalue weighted by Crippen LogP contribution is 2.32. The molecule has 1 aliphatic rings. The Hall–Kier alpha value is -3.22. The number of benzene rings is 2. The SMILES string of the molecule is CNC(=O)[C@@H]1Cc2ccccc2N1C(=O)NCc1ccc(OC)c(OC)c1. The average Bonchev–Trinajstić information content (AvgIpc) is 3.10. The van der Waals surface area contributed by atoms with E-state index in [0.29, 0.717) is 24.5 Å². The highest BCUT2D eigenvalue weighted by atomic mass is 16.5. The van der Waals surface area contributed by atoms with Crippen LogP contribution in [0.3, 0.4) is 0 Å². The summed E-state index contributed by atoms with van der Waals surface area (Å²) in [6.07, 6.45) is 0.500. The van der Waals surface area contributed by atoms with E-state index in [0.717, 1.165) is 16.8 Å². The molecule has 27 heavy (non-hydrogen) atoms. The summed E-state index contributed by atoms with van der Waals surface area (Å²) in [6, 6.07) is 12.1. The third-order valence-electron chi connectivity index (χ3n) is 4.64. The number of anilines is 1. The van der Waals surface area contributed by atoms with Crippen LogP contribution in [0.4, 0.5) is 10.5 Å². The molecule has 1 aliphatic heterocycles. The van der Waals surface area contributed by atoms with E-state index in [1.165, 1.54) is 4.90 Å². The lowest BCUT2D eigenvalue weighted by Crippen LogP contribution is -2.50. The predicted octanol–water partition coefficient (Wildman–Crippen LogP) is 2.09. The minimum atomic E-state index is -0.558. The summed E-state index contributed by atoms with van der Waals surface area (Å²) in [6.45, 7) is 0.304. The van der Waals surface area contributed by atoms with Crippen LogP contribution in [0.15, 0.2) is 42.5 Å². The molecule has 0 aliphatic carbocycles. The molecular formula is C20H23N3O4. The van der Waals surface area contributed by atoms with Gasteiger partial charge in [-0.25, -0.2) is 4.79 Å². The number of hydrogen-bond acceptors (Lipinski definition) is 4. The molecule has 7 nitrogen and oxygen atoms in total. The maximum atomic E-state index is 12.9. The summed E-state index contributed by atoms with van der Waals surface area (Å²) in [5.74, 6) is 1.03. The van der Waals surface area contributed by atoms with Crippen molar-refractivity contribution in [2.45, 2.75) is 19.0 Å². The molecule has 2 N–H and O–H groups in total. The van der Waals surface area contributed by atoms with Crippen LogP contribution < -0.4 is 25.0 Å². The summed E-state index contributed by atoms with van der Waals surface area (Å²) in [5.41, 5.74) is 2.60. The maximum Gasteiger partial charge on any atom is 0.322 e. The monoisotopic (exact) mass is 369 g/mol. The molecule has 0 unspecified atom stereocenters. The minimum Gasteiger partial charge on any atom is -0.493 e. The molecule has 0 spiro atoms. The number of urea groups is 1. The van der Waals surface area contributed by atoms with Crippen LogP contribution in [-0.4, -0.2) is 39.2 Å².